The average molecular weight is 321 g/mol. The molecule has 2 fully saturated rings. The highest BCUT2D eigenvalue weighted by atomic mass is 35.5. The zero-order valence-corrected chi connectivity index (χ0v) is 14.3. The summed E-state index contributed by atoms with van der Waals surface area (Å²) in [6.45, 7) is 5.43. The fourth-order valence-corrected chi connectivity index (χ4v) is 4.96. The van der Waals surface area contributed by atoms with Crippen molar-refractivity contribution >= 4 is 5.69 Å². The second-order valence-electron chi connectivity index (χ2n) is 7.27. The number of benzene rings is 1. The summed E-state index contributed by atoms with van der Waals surface area (Å²) < 4.78 is 0. The number of nitrogens with zero attached hydrogens (tertiary/aromatic N) is 1. The second-order valence-corrected chi connectivity index (χ2v) is 7.27. The lowest BCUT2D eigenvalue weighted by molar-refractivity contribution is -0.903. The van der Waals surface area contributed by atoms with E-state index in [1.807, 2.05) is 4.90 Å². The zero-order valence-electron chi connectivity index (χ0n) is 13.6. The third kappa shape index (κ3) is 3.00. The molecule has 0 amide bonds. The molecule has 22 heavy (non-hydrogen) atoms. The van der Waals surface area contributed by atoms with Crippen LogP contribution in [0.25, 0.3) is 0 Å². The van der Waals surface area contributed by atoms with E-state index in [-0.39, 0.29) is 12.4 Å². The van der Waals surface area contributed by atoms with Gasteiger partial charge < -0.3 is 22.2 Å². The monoisotopic (exact) mass is 320 g/mol. The Bertz CT molecular complexity index is 484. The Balaban J connectivity index is 0.00000144. The number of piperidine rings is 1. The van der Waals surface area contributed by atoms with Crippen LogP contribution >= 0.6 is 0 Å². The predicted octanol–water partition coefficient (Wildman–Crippen LogP) is -0.394. The molecule has 1 aromatic carbocycles. The number of fused-ring (bicyclic) bond motifs is 3. The molecule has 2 atom stereocenters. The van der Waals surface area contributed by atoms with Gasteiger partial charge >= 0.3 is 0 Å². The van der Waals surface area contributed by atoms with E-state index < -0.39 is 0 Å². The van der Waals surface area contributed by atoms with Gasteiger partial charge in [0.1, 0.15) is 0 Å². The topological polar surface area (TPSA) is 7.68 Å². The van der Waals surface area contributed by atoms with Crippen LogP contribution in [-0.2, 0) is 0 Å². The van der Waals surface area contributed by atoms with Gasteiger partial charge in [-0.3, -0.25) is 0 Å². The average Bonchev–Trinajstić information content (AvgIpc) is 2.88. The first-order chi connectivity index (χ1) is 10.4. The van der Waals surface area contributed by atoms with Crippen molar-refractivity contribution in [2.45, 2.75) is 56.9 Å². The van der Waals surface area contributed by atoms with Crippen LogP contribution in [-0.4, -0.2) is 32.2 Å². The highest BCUT2D eigenvalue weighted by molar-refractivity contribution is 5.62. The summed E-state index contributed by atoms with van der Waals surface area (Å²) in [5, 5.41) is 0. The molecule has 2 aliphatic heterocycles. The lowest BCUT2D eigenvalue weighted by atomic mass is 9.82. The van der Waals surface area contributed by atoms with E-state index in [0.29, 0.717) is 0 Å². The first-order valence-electron chi connectivity index (χ1n) is 9.12. The summed E-state index contributed by atoms with van der Waals surface area (Å²) >= 11 is 0. The van der Waals surface area contributed by atoms with Gasteiger partial charge in [-0.05, 0) is 43.7 Å². The molecule has 4 rings (SSSR count). The summed E-state index contributed by atoms with van der Waals surface area (Å²) in [7, 11) is 0. The van der Waals surface area contributed by atoms with Gasteiger partial charge in [-0.2, -0.15) is 0 Å². The van der Waals surface area contributed by atoms with Gasteiger partial charge in [-0.1, -0.05) is 31.0 Å². The van der Waals surface area contributed by atoms with E-state index in [0.717, 1.165) is 12.0 Å². The summed E-state index contributed by atoms with van der Waals surface area (Å²) in [4.78, 5) is 4.62. The van der Waals surface area contributed by atoms with Crippen molar-refractivity contribution in [1.29, 1.82) is 0 Å². The maximum absolute atomic E-state index is 2.78. The van der Waals surface area contributed by atoms with Crippen molar-refractivity contribution < 1.29 is 17.3 Å². The Hall–Kier alpha value is -0.730. The second kappa shape index (κ2) is 7.23. The van der Waals surface area contributed by atoms with Crippen LogP contribution in [0.4, 0.5) is 5.69 Å². The van der Waals surface area contributed by atoms with E-state index >= 15 is 0 Å². The third-order valence-corrected chi connectivity index (χ3v) is 6.04. The molecule has 2 unspecified atom stereocenters. The standard InChI is InChI=1S/C19H28N2.ClH/c1-6-12-20(13-7-1)14-15-21-18-10-4-2-8-16(18)17-9-3-5-11-19(17)21;/h2,4,8,10,17,19H,1,3,5-7,9,11-15H2;1H. The first kappa shape index (κ1) is 16.1. The Morgan fingerprint density at radius 1 is 0.955 bits per heavy atom. The number of anilines is 1. The highest BCUT2D eigenvalue weighted by Crippen LogP contribution is 2.47. The molecule has 0 radical (unpaired) electrons. The van der Waals surface area contributed by atoms with Gasteiger partial charge in [0.05, 0.1) is 26.2 Å². The molecule has 1 aromatic rings. The summed E-state index contributed by atoms with van der Waals surface area (Å²) in [5.41, 5.74) is 3.21. The quantitative estimate of drug-likeness (QED) is 0.797. The minimum absolute atomic E-state index is 0. The Morgan fingerprint density at radius 2 is 1.73 bits per heavy atom. The molecule has 0 bridgehead atoms. The number of rotatable bonds is 3. The normalized spacial score (nSPS) is 27.9. The molecule has 1 saturated carbocycles. The van der Waals surface area contributed by atoms with Gasteiger partial charge in [-0.25, -0.2) is 0 Å². The fraction of sp³-hybridized carbons (Fsp3) is 0.684. The van der Waals surface area contributed by atoms with Crippen LogP contribution in [0.5, 0.6) is 0 Å². The zero-order chi connectivity index (χ0) is 14.1. The van der Waals surface area contributed by atoms with E-state index in [9.17, 15) is 0 Å². The van der Waals surface area contributed by atoms with Gasteiger partial charge in [0.15, 0.2) is 0 Å². The van der Waals surface area contributed by atoms with Crippen LogP contribution in [0.1, 0.15) is 56.4 Å². The van der Waals surface area contributed by atoms with Crippen LogP contribution in [0, 0.1) is 0 Å². The fourth-order valence-electron chi connectivity index (χ4n) is 4.96. The molecule has 0 aromatic heterocycles. The van der Waals surface area contributed by atoms with Crippen molar-refractivity contribution in [2.75, 3.05) is 31.1 Å². The van der Waals surface area contributed by atoms with E-state index in [4.69, 9.17) is 0 Å². The van der Waals surface area contributed by atoms with Crippen LogP contribution in [0.15, 0.2) is 24.3 Å². The van der Waals surface area contributed by atoms with Gasteiger partial charge in [0, 0.05) is 17.6 Å². The Morgan fingerprint density at radius 3 is 2.59 bits per heavy atom. The van der Waals surface area contributed by atoms with Crippen LogP contribution in [0.3, 0.4) is 0 Å². The maximum Gasteiger partial charge on any atom is 0.0949 e. The first-order valence-corrected chi connectivity index (χ1v) is 9.12. The Kier molecular flexibility index (Phi) is 5.30. The number of hydrogen-bond acceptors (Lipinski definition) is 1. The highest BCUT2D eigenvalue weighted by Gasteiger charge is 2.39. The van der Waals surface area contributed by atoms with Crippen molar-refractivity contribution in [3.05, 3.63) is 29.8 Å². The molecule has 122 valence electrons. The third-order valence-electron chi connectivity index (χ3n) is 6.04. The smallest absolute Gasteiger partial charge is 0.0949 e. The van der Waals surface area contributed by atoms with Crippen LogP contribution < -0.4 is 22.2 Å². The molecule has 1 saturated heterocycles. The molecule has 1 N–H and O–H groups in total. The van der Waals surface area contributed by atoms with E-state index in [1.165, 1.54) is 71.1 Å². The van der Waals surface area contributed by atoms with Crippen molar-refractivity contribution in [3.63, 3.8) is 0 Å². The minimum atomic E-state index is 0. The van der Waals surface area contributed by atoms with Gasteiger partial charge in [0.25, 0.3) is 0 Å². The molecule has 1 aliphatic carbocycles. The number of halogens is 1. The van der Waals surface area contributed by atoms with Crippen molar-refractivity contribution in [2.24, 2.45) is 0 Å². The summed E-state index contributed by atoms with van der Waals surface area (Å²) in [5.74, 6) is 0.825. The largest absolute Gasteiger partial charge is 1.00 e. The SMILES string of the molecule is [Cl-].c1ccc2c(c1)C1CCCCC1N2CC[NH+]1CCCCC1. The number of para-hydroxylation sites is 1. The molecule has 0 spiro atoms. The lowest BCUT2D eigenvalue weighted by Gasteiger charge is -2.34. The molecule has 2 heterocycles. The van der Waals surface area contributed by atoms with Crippen molar-refractivity contribution in [1.82, 2.24) is 0 Å². The molecular weight excluding hydrogens is 292 g/mol. The van der Waals surface area contributed by atoms with E-state index in [2.05, 4.69) is 29.2 Å². The maximum atomic E-state index is 2.78. The van der Waals surface area contributed by atoms with Crippen molar-refractivity contribution in [3.8, 4) is 0 Å². The van der Waals surface area contributed by atoms with Gasteiger partial charge in [0.2, 0.25) is 0 Å². The molecule has 3 heteroatoms. The van der Waals surface area contributed by atoms with Gasteiger partial charge in [-0.15, -0.1) is 0 Å². The minimum Gasteiger partial charge on any atom is -1.00 e. The predicted molar refractivity (Wildman–Crippen MR) is 88.2 cm³/mol. The number of likely N-dealkylation sites (tertiary alicyclic amines) is 1. The molecular formula is C19H29ClN2. The number of hydrogen-bond donors (Lipinski definition) is 1. The molecule has 3 aliphatic rings. The molecule has 2 nitrogen and oxygen atoms in total. The Labute approximate surface area is 141 Å². The summed E-state index contributed by atoms with van der Waals surface area (Å²) in [6, 6.07) is 10.0. The number of nitrogens with one attached hydrogen (secondary N) is 1. The lowest BCUT2D eigenvalue weighted by Crippen LogP contribution is -3.13. The number of quaternary nitrogens is 1. The summed E-state index contributed by atoms with van der Waals surface area (Å²) in [6.07, 6.45) is 10.0. The van der Waals surface area contributed by atoms with E-state index in [1.54, 1.807) is 11.3 Å². The van der Waals surface area contributed by atoms with Crippen LogP contribution in [0.2, 0.25) is 0 Å².